The number of allylic oxidation sites excluding steroid dienone is 13. The monoisotopic (exact) mass is 915 g/mol. The van der Waals surface area contributed by atoms with Crippen molar-refractivity contribution in [3.8, 4) is 22.3 Å². The number of rotatable bonds is 17. The van der Waals surface area contributed by atoms with Crippen LogP contribution in [0.5, 0.6) is 0 Å². The number of unbranched alkanes of at least 4 members (excludes halogenated alkanes) is 1. The molecule has 70 heavy (non-hydrogen) atoms. The second-order valence-electron chi connectivity index (χ2n) is 19.3. The van der Waals surface area contributed by atoms with Crippen LogP contribution in [0, 0.1) is 11.3 Å². The van der Waals surface area contributed by atoms with E-state index < -0.39 is 0 Å². The van der Waals surface area contributed by atoms with Crippen molar-refractivity contribution >= 4 is 50.9 Å². The predicted molar refractivity (Wildman–Crippen MR) is 304 cm³/mol. The van der Waals surface area contributed by atoms with E-state index in [4.69, 9.17) is 23.6 Å². The fraction of sp³-hybridized carbons (Fsp3) is 0.212. The van der Waals surface area contributed by atoms with Crippen LogP contribution in [-0.2, 0) is 5.41 Å². The van der Waals surface area contributed by atoms with Crippen LogP contribution in [0.15, 0.2) is 201 Å². The van der Waals surface area contributed by atoms with Gasteiger partial charge in [-0.05, 0) is 130 Å². The summed E-state index contributed by atoms with van der Waals surface area (Å²) in [5.74, 6) is 0.138. The van der Waals surface area contributed by atoms with Crippen LogP contribution >= 0.6 is 0 Å². The summed E-state index contributed by atoms with van der Waals surface area (Å²) >= 11 is 0. The SMILES string of the molecule is C=C(NCCCC1C(=C)c2ccc3c4c(ccc(c24)C1=C)C(=C)N(CCCC)C3=C)c1ccc(-c2ccccc2[C@]2(C)C=C(/C=C\C=C/C)/C(=C/C=C\C=N)C2)c(-c2ccccc2C2=NC=CCC2)c1. The summed E-state index contributed by atoms with van der Waals surface area (Å²) in [4.78, 5) is 7.20. The number of hydrogen-bond acceptors (Lipinski definition) is 4. The number of nitrogens with one attached hydrogen (secondary N) is 2. The van der Waals surface area contributed by atoms with Crippen molar-refractivity contribution in [3.05, 3.63) is 235 Å². The average molecular weight is 915 g/mol. The fourth-order valence-corrected chi connectivity index (χ4v) is 11.2. The van der Waals surface area contributed by atoms with E-state index in [2.05, 4.69) is 171 Å². The van der Waals surface area contributed by atoms with Gasteiger partial charge in [-0.3, -0.25) is 4.99 Å². The zero-order valence-corrected chi connectivity index (χ0v) is 41.4. The lowest BCUT2D eigenvalue weighted by molar-refractivity contribution is 0.526. The maximum atomic E-state index is 7.57. The van der Waals surface area contributed by atoms with Gasteiger partial charge in [-0.25, -0.2) is 0 Å². The highest BCUT2D eigenvalue weighted by molar-refractivity contribution is 6.15. The highest BCUT2D eigenvalue weighted by Crippen LogP contribution is 2.52. The van der Waals surface area contributed by atoms with Gasteiger partial charge in [0.05, 0.1) is 0 Å². The van der Waals surface area contributed by atoms with Crippen LogP contribution in [0.4, 0.5) is 0 Å². The molecule has 1 atom stereocenters. The maximum Gasteiger partial charge on any atom is 0.0485 e. The van der Waals surface area contributed by atoms with Crippen molar-refractivity contribution < 1.29 is 0 Å². The van der Waals surface area contributed by atoms with Gasteiger partial charge in [-0.15, -0.1) is 0 Å². The molecule has 0 saturated heterocycles. The van der Waals surface area contributed by atoms with E-state index in [1.165, 1.54) is 67.1 Å². The summed E-state index contributed by atoms with van der Waals surface area (Å²) in [5.41, 5.74) is 21.5. The first kappa shape index (κ1) is 47.5. The second kappa shape index (κ2) is 20.6. The van der Waals surface area contributed by atoms with E-state index in [1.54, 1.807) is 6.08 Å². The smallest absolute Gasteiger partial charge is 0.0485 e. The Morgan fingerprint density at radius 1 is 0.771 bits per heavy atom. The summed E-state index contributed by atoms with van der Waals surface area (Å²) in [5, 5.41) is 13.8. The molecule has 5 aromatic carbocycles. The van der Waals surface area contributed by atoms with Gasteiger partial charge in [0, 0.05) is 81.7 Å². The molecule has 0 aromatic heterocycles. The third-order valence-corrected chi connectivity index (χ3v) is 14.8. The first-order valence-electron chi connectivity index (χ1n) is 25.1. The Morgan fingerprint density at radius 2 is 1.43 bits per heavy atom. The van der Waals surface area contributed by atoms with E-state index in [-0.39, 0.29) is 11.3 Å². The number of aliphatic imine (C=N–C) groups is 1. The Balaban J connectivity index is 0.998. The molecule has 0 spiro atoms. The topological polar surface area (TPSA) is 51.5 Å². The zero-order chi connectivity index (χ0) is 48.9. The standard InChI is InChI=1S/C66H66N4/c1-9-11-13-23-50-42-66(8,43-51(50)24-18-20-37-67)62-29-17-16-26-59(62)58-32-31-49(41-61(58)57-25-14-15-27-60(57)63-30-19-21-38-69-63)46(5)68-39-22-28-52-44(3)53-33-35-55-47(6)70(40-12-10-2)48(7)56-36-34-54(45(52)4)64(53)65(55)56/h9,11,13-18,20-21,23-27,29,31-38,41-42,52,67-68H,3-7,10,12,19,22,28,30,39-40,43H2,1-2,8H3/b11-9-,20-18-,23-13-,51-24+,67-37?/t66-/m1/s1. The minimum atomic E-state index is -0.279. The quantitative estimate of drug-likeness (QED) is 0.0555. The molecule has 2 heterocycles. The van der Waals surface area contributed by atoms with Gasteiger partial charge in [0.1, 0.15) is 0 Å². The normalized spacial score (nSPS) is 18.6. The van der Waals surface area contributed by atoms with Crippen LogP contribution < -0.4 is 5.32 Å². The van der Waals surface area contributed by atoms with Gasteiger partial charge in [-0.2, -0.15) is 0 Å². The average Bonchev–Trinajstić information content (AvgIpc) is 3.72. The molecule has 5 aromatic rings. The minimum Gasteiger partial charge on any atom is -0.385 e. The van der Waals surface area contributed by atoms with E-state index in [9.17, 15) is 0 Å². The van der Waals surface area contributed by atoms with Crippen molar-refractivity contribution in [1.29, 1.82) is 5.41 Å². The first-order chi connectivity index (χ1) is 34.1. The molecule has 2 aliphatic heterocycles. The molecular formula is C66H66N4. The van der Waals surface area contributed by atoms with E-state index in [1.807, 2.05) is 25.3 Å². The molecule has 2 aliphatic carbocycles. The molecule has 0 saturated carbocycles. The number of nitrogens with zero attached hydrogens (tertiary/aromatic N) is 2. The molecule has 9 rings (SSSR count). The minimum absolute atomic E-state index is 0.138. The molecule has 0 bridgehead atoms. The van der Waals surface area contributed by atoms with Crippen LogP contribution in [-0.4, -0.2) is 29.9 Å². The first-order valence-corrected chi connectivity index (χ1v) is 25.1. The summed E-state index contributed by atoms with van der Waals surface area (Å²) < 4.78 is 0. The summed E-state index contributed by atoms with van der Waals surface area (Å²) in [6.07, 6.45) is 29.0. The number of hydrogen-bond donors (Lipinski definition) is 2. The van der Waals surface area contributed by atoms with Crippen LogP contribution in [0.3, 0.4) is 0 Å². The second-order valence-corrected chi connectivity index (χ2v) is 19.3. The lowest BCUT2D eigenvalue weighted by Crippen LogP contribution is -2.25. The van der Waals surface area contributed by atoms with Gasteiger partial charge in [0.2, 0.25) is 0 Å². The molecule has 0 fully saturated rings. The van der Waals surface area contributed by atoms with Crippen LogP contribution in [0.2, 0.25) is 0 Å². The third kappa shape index (κ3) is 8.95. The predicted octanol–water partition coefficient (Wildman–Crippen LogP) is 16.9. The largest absolute Gasteiger partial charge is 0.385 e. The number of benzene rings is 5. The molecule has 350 valence electrons. The molecule has 4 aliphatic rings. The van der Waals surface area contributed by atoms with Crippen molar-refractivity contribution in [2.45, 2.75) is 71.1 Å². The van der Waals surface area contributed by atoms with Crippen molar-refractivity contribution in [2.75, 3.05) is 13.1 Å². The van der Waals surface area contributed by atoms with Crippen LogP contribution in [0.1, 0.15) is 105 Å². The lowest BCUT2D eigenvalue weighted by atomic mass is 9.72. The van der Waals surface area contributed by atoms with Gasteiger partial charge >= 0.3 is 0 Å². The third-order valence-electron chi connectivity index (χ3n) is 14.8. The fourth-order valence-electron chi connectivity index (χ4n) is 11.2. The highest BCUT2D eigenvalue weighted by atomic mass is 15.2. The Bertz CT molecular complexity index is 3140. The van der Waals surface area contributed by atoms with E-state index in [0.717, 1.165) is 114 Å². The van der Waals surface area contributed by atoms with Gasteiger partial charge in [0.15, 0.2) is 0 Å². The Labute approximate surface area is 416 Å². The molecule has 4 heteroatoms. The summed E-state index contributed by atoms with van der Waals surface area (Å²) in [7, 11) is 0. The molecule has 2 N–H and O–H groups in total. The molecule has 0 amide bonds. The van der Waals surface area contributed by atoms with Gasteiger partial charge in [-0.1, -0.05) is 187 Å². The van der Waals surface area contributed by atoms with Crippen LogP contribution in [0.25, 0.3) is 61.3 Å². The Hall–Kier alpha value is -7.56. The zero-order valence-electron chi connectivity index (χ0n) is 41.4. The van der Waals surface area contributed by atoms with E-state index in [0.29, 0.717) is 0 Å². The van der Waals surface area contributed by atoms with E-state index >= 15 is 0 Å². The Kier molecular flexibility index (Phi) is 14.0. The Morgan fingerprint density at radius 3 is 2.11 bits per heavy atom. The lowest BCUT2D eigenvalue weighted by Gasteiger charge is -2.38. The highest BCUT2D eigenvalue weighted by Gasteiger charge is 2.36. The molecule has 4 nitrogen and oxygen atoms in total. The summed E-state index contributed by atoms with van der Waals surface area (Å²) in [6.45, 7) is 31.5. The molecule has 0 radical (unpaired) electrons. The summed E-state index contributed by atoms with van der Waals surface area (Å²) in [6, 6.07) is 33.5. The van der Waals surface area contributed by atoms with Crippen molar-refractivity contribution in [3.63, 3.8) is 0 Å². The molecule has 0 unspecified atom stereocenters. The van der Waals surface area contributed by atoms with Gasteiger partial charge < -0.3 is 15.6 Å². The van der Waals surface area contributed by atoms with Gasteiger partial charge in [0.25, 0.3) is 0 Å². The van der Waals surface area contributed by atoms with Crippen molar-refractivity contribution in [1.82, 2.24) is 10.2 Å². The molecular weight excluding hydrogens is 849 g/mol. The van der Waals surface area contributed by atoms with Crippen molar-refractivity contribution in [2.24, 2.45) is 10.9 Å². The maximum absolute atomic E-state index is 7.57.